The first-order chi connectivity index (χ1) is 14.5. The van der Waals surface area contributed by atoms with Crippen molar-refractivity contribution in [1.82, 2.24) is 9.97 Å². The molecular weight excluding hydrogens is 386 g/mol. The van der Waals surface area contributed by atoms with Crippen LogP contribution in [0.4, 0.5) is 0 Å². The van der Waals surface area contributed by atoms with Gasteiger partial charge < -0.3 is 24.2 Å². The zero-order valence-corrected chi connectivity index (χ0v) is 17.5. The van der Waals surface area contributed by atoms with Crippen LogP contribution in [0.25, 0.3) is 6.08 Å². The van der Waals surface area contributed by atoms with E-state index in [-0.39, 0.29) is 24.8 Å². The monoisotopic (exact) mass is 411 g/mol. The third-order valence-corrected chi connectivity index (χ3v) is 4.96. The smallest absolute Gasteiger partial charge is 0.310 e. The van der Waals surface area contributed by atoms with Crippen molar-refractivity contribution in [3.63, 3.8) is 0 Å². The minimum Gasteiger partial charge on any atom is -0.494 e. The van der Waals surface area contributed by atoms with Gasteiger partial charge in [-0.25, -0.2) is 4.99 Å². The molecule has 2 aromatic rings. The molecule has 30 heavy (non-hydrogen) atoms. The van der Waals surface area contributed by atoms with Crippen LogP contribution in [0.2, 0.25) is 0 Å². The number of aromatic amines is 2. The molecule has 2 N–H and O–H groups in total. The summed E-state index contributed by atoms with van der Waals surface area (Å²) < 4.78 is 15.1. The SMILES string of the molecule is COC(=O)CCc1c(/C=C2\N=C(c3ccc[nH]3)C=C2OC)[nH]c(C)c1CC(=O)OC. The molecule has 0 amide bonds. The molecule has 158 valence electrons. The molecule has 0 radical (unpaired) electrons. The maximum Gasteiger partial charge on any atom is 0.310 e. The molecule has 0 fully saturated rings. The number of methoxy groups -OCH3 is 3. The van der Waals surface area contributed by atoms with E-state index >= 15 is 0 Å². The van der Waals surface area contributed by atoms with Crippen molar-refractivity contribution < 1.29 is 23.8 Å². The maximum absolute atomic E-state index is 11.9. The van der Waals surface area contributed by atoms with Crippen LogP contribution >= 0.6 is 0 Å². The van der Waals surface area contributed by atoms with Gasteiger partial charge in [-0.05, 0) is 42.7 Å². The zero-order valence-electron chi connectivity index (χ0n) is 17.5. The number of nitrogens with zero attached hydrogens (tertiary/aromatic N) is 1. The lowest BCUT2D eigenvalue weighted by atomic mass is 10.0. The summed E-state index contributed by atoms with van der Waals surface area (Å²) in [5, 5.41) is 0. The Hall–Kier alpha value is -3.55. The van der Waals surface area contributed by atoms with Gasteiger partial charge in [-0.15, -0.1) is 0 Å². The molecule has 0 spiro atoms. The summed E-state index contributed by atoms with van der Waals surface area (Å²) in [5.74, 6) is -0.0387. The van der Waals surface area contributed by atoms with Gasteiger partial charge >= 0.3 is 11.9 Å². The van der Waals surface area contributed by atoms with E-state index < -0.39 is 0 Å². The van der Waals surface area contributed by atoms with Gasteiger partial charge in [0.05, 0.1) is 39.2 Å². The van der Waals surface area contributed by atoms with Crippen LogP contribution in [0.15, 0.2) is 40.9 Å². The van der Waals surface area contributed by atoms with E-state index in [9.17, 15) is 9.59 Å². The van der Waals surface area contributed by atoms with Crippen molar-refractivity contribution in [3.05, 3.63) is 64.1 Å². The lowest BCUT2D eigenvalue weighted by molar-refractivity contribution is -0.140. The van der Waals surface area contributed by atoms with Gasteiger partial charge in [0, 0.05) is 30.1 Å². The van der Waals surface area contributed by atoms with E-state index in [0.717, 1.165) is 33.9 Å². The standard InChI is InChI=1S/C22H25N3O5/c1-13-15(10-22(27)30-4)14(7-8-21(26)29-3)17(24-13)11-19-20(28-2)12-18(25-19)16-6-5-9-23-16/h5-6,9,11-12,23-24H,7-8,10H2,1-4H3/b19-11-. The predicted octanol–water partition coefficient (Wildman–Crippen LogP) is 2.85. The van der Waals surface area contributed by atoms with Gasteiger partial charge in [-0.1, -0.05) is 0 Å². The quantitative estimate of drug-likeness (QED) is 0.650. The van der Waals surface area contributed by atoms with Crippen LogP contribution in [0.1, 0.15) is 34.6 Å². The molecule has 8 nitrogen and oxygen atoms in total. The fraction of sp³-hybridized carbons (Fsp3) is 0.318. The van der Waals surface area contributed by atoms with E-state index in [4.69, 9.17) is 14.2 Å². The molecule has 3 heterocycles. The second-order valence-corrected chi connectivity index (χ2v) is 6.77. The zero-order chi connectivity index (χ0) is 21.7. The number of H-pyrrole nitrogens is 2. The van der Waals surface area contributed by atoms with Crippen molar-refractivity contribution in [2.45, 2.75) is 26.2 Å². The number of hydrogen-bond donors (Lipinski definition) is 2. The van der Waals surface area contributed by atoms with E-state index in [2.05, 4.69) is 15.0 Å². The molecule has 0 aliphatic carbocycles. The van der Waals surface area contributed by atoms with Crippen LogP contribution in [-0.2, 0) is 36.6 Å². The Morgan fingerprint density at radius 3 is 2.53 bits per heavy atom. The minimum atomic E-state index is -0.346. The van der Waals surface area contributed by atoms with Gasteiger partial charge in [0.2, 0.25) is 0 Å². The molecular formula is C22H25N3O5. The average molecular weight is 411 g/mol. The summed E-state index contributed by atoms with van der Waals surface area (Å²) in [6.07, 6.45) is 6.28. The molecule has 1 aliphatic rings. The first-order valence-electron chi connectivity index (χ1n) is 9.51. The summed E-state index contributed by atoms with van der Waals surface area (Å²) in [6.45, 7) is 1.89. The number of aliphatic imine (C=N–C) groups is 1. The number of carbonyl (C=O) groups is 2. The van der Waals surface area contributed by atoms with E-state index in [1.807, 2.05) is 37.4 Å². The van der Waals surface area contributed by atoms with Gasteiger partial charge in [0.15, 0.2) is 0 Å². The molecule has 0 aromatic carbocycles. The van der Waals surface area contributed by atoms with Crippen molar-refractivity contribution >= 4 is 23.7 Å². The molecule has 8 heteroatoms. The van der Waals surface area contributed by atoms with Gasteiger partial charge in [-0.3, -0.25) is 9.59 Å². The molecule has 2 aromatic heterocycles. The van der Waals surface area contributed by atoms with Crippen LogP contribution in [0.5, 0.6) is 0 Å². The number of aryl methyl sites for hydroxylation is 1. The van der Waals surface area contributed by atoms with Crippen LogP contribution in [0, 0.1) is 6.92 Å². The number of aromatic nitrogens is 2. The molecule has 0 unspecified atom stereocenters. The summed E-state index contributed by atoms with van der Waals surface area (Å²) in [7, 11) is 4.30. The number of rotatable bonds is 8. The molecule has 0 saturated carbocycles. The summed E-state index contributed by atoms with van der Waals surface area (Å²) >= 11 is 0. The van der Waals surface area contributed by atoms with E-state index in [1.165, 1.54) is 14.2 Å². The molecule has 3 rings (SSSR count). The molecule has 0 saturated heterocycles. The first-order valence-corrected chi connectivity index (χ1v) is 9.51. The lowest BCUT2D eigenvalue weighted by Crippen LogP contribution is -2.08. The number of esters is 2. The highest BCUT2D eigenvalue weighted by Gasteiger charge is 2.21. The fourth-order valence-electron chi connectivity index (χ4n) is 3.38. The highest BCUT2D eigenvalue weighted by atomic mass is 16.5. The topological polar surface area (TPSA) is 106 Å². The van der Waals surface area contributed by atoms with Crippen molar-refractivity contribution in [1.29, 1.82) is 0 Å². The normalized spacial score (nSPS) is 14.5. The third kappa shape index (κ3) is 4.53. The first kappa shape index (κ1) is 21.2. The van der Waals surface area contributed by atoms with Crippen molar-refractivity contribution in [3.8, 4) is 0 Å². The number of allylic oxidation sites excluding steroid dienone is 1. The third-order valence-electron chi connectivity index (χ3n) is 4.96. The van der Waals surface area contributed by atoms with Gasteiger partial charge in [-0.2, -0.15) is 0 Å². The van der Waals surface area contributed by atoms with Crippen LogP contribution < -0.4 is 0 Å². The molecule has 1 aliphatic heterocycles. The van der Waals surface area contributed by atoms with Crippen LogP contribution in [0.3, 0.4) is 0 Å². The summed E-state index contributed by atoms with van der Waals surface area (Å²) in [4.78, 5) is 34.7. The lowest BCUT2D eigenvalue weighted by Gasteiger charge is -2.07. The summed E-state index contributed by atoms with van der Waals surface area (Å²) in [5.41, 5.74) is 5.56. The van der Waals surface area contributed by atoms with Crippen molar-refractivity contribution in [2.24, 2.45) is 4.99 Å². The Morgan fingerprint density at radius 2 is 1.90 bits per heavy atom. The minimum absolute atomic E-state index is 0.114. The number of carbonyl (C=O) groups excluding carboxylic acids is 2. The fourth-order valence-corrected chi connectivity index (χ4v) is 3.38. The average Bonchev–Trinajstić information content (AvgIpc) is 3.47. The maximum atomic E-state index is 11.9. The number of hydrogen-bond acceptors (Lipinski definition) is 6. The Labute approximate surface area is 174 Å². The summed E-state index contributed by atoms with van der Waals surface area (Å²) in [6, 6.07) is 3.83. The highest BCUT2D eigenvalue weighted by Crippen LogP contribution is 2.29. The molecule has 0 atom stereocenters. The number of ether oxygens (including phenoxy) is 3. The van der Waals surface area contributed by atoms with E-state index in [0.29, 0.717) is 17.9 Å². The van der Waals surface area contributed by atoms with Gasteiger partial charge in [0.1, 0.15) is 11.5 Å². The Morgan fingerprint density at radius 1 is 1.13 bits per heavy atom. The Balaban J connectivity index is 2.01. The highest BCUT2D eigenvalue weighted by molar-refractivity contribution is 6.11. The second-order valence-electron chi connectivity index (χ2n) is 6.77. The Bertz CT molecular complexity index is 1030. The number of nitrogens with one attached hydrogen (secondary N) is 2. The Kier molecular flexibility index (Phi) is 6.56. The second kappa shape index (κ2) is 9.30. The predicted molar refractivity (Wildman–Crippen MR) is 112 cm³/mol. The van der Waals surface area contributed by atoms with Crippen molar-refractivity contribution in [2.75, 3.05) is 21.3 Å². The largest absolute Gasteiger partial charge is 0.494 e. The molecule has 0 bridgehead atoms. The van der Waals surface area contributed by atoms with E-state index in [1.54, 1.807) is 7.11 Å². The van der Waals surface area contributed by atoms with Gasteiger partial charge in [0.25, 0.3) is 0 Å². The van der Waals surface area contributed by atoms with Crippen LogP contribution in [-0.4, -0.2) is 48.9 Å².